The van der Waals surface area contributed by atoms with Crippen molar-refractivity contribution in [2.24, 2.45) is 28.3 Å². The summed E-state index contributed by atoms with van der Waals surface area (Å²) in [5.41, 5.74) is 11.2. The molecule has 4 aliphatic rings. The van der Waals surface area contributed by atoms with E-state index in [1.165, 1.54) is 4.90 Å². The van der Waals surface area contributed by atoms with Crippen molar-refractivity contribution in [1.29, 1.82) is 0 Å². The molecule has 1 unspecified atom stereocenters. The summed E-state index contributed by atoms with van der Waals surface area (Å²) in [6.07, 6.45) is 3.43. The van der Waals surface area contributed by atoms with Crippen LogP contribution in [0.5, 0.6) is 0 Å². The van der Waals surface area contributed by atoms with E-state index < -0.39 is 18.0 Å². The third kappa shape index (κ3) is 3.58. The molecule has 0 radical (unpaired) electrons. The molecule has 9 nitrogen and oxygen atoms in total. The predicted molar refractivity (Wildman–Crippen MR) is 114 cm³/mol. The van der Waals surface area contributed by atoms with E-state index in [4.69, 9.17) is 11.5 Å². The molecule has 0 aromatic rings. The molecule has 3 heterocycles. The smallest absolute Gasteiger partial charge is 0.353 e. The Kier molecular flexibility index (Phi) is 5.75. The zero-order chi connectivity index (χ0) is 21.7. The summed E-state index contributed by atoms with van der Waals surface area (Å²) < 4.78 is 0. The number of fused-ring (bicyclic) bond motifs is 1. The SMILES string of the molecule is CC(O)[C@H]1C(=O)N2C(C(=O)O)=C(SC3CN([C@@H]4CCC[C@@H](N=C(N)N)C4)C3)[C@H](C)[C@H]12. The molecule has 30 heavy (non-hydrogen) atoms. The summed E-state index contributed by atoms with van der Waals surface area (Å²) >= 11 is 1.60. The lowest BCUT2D eigenvalue weighted by molar-refractivity contribution is -0.163. The third-order valence-electron chi connectivity index (χ3n) is 6.95. The number of aliphatic carboxylic acids is 1. The van der Waals surface area contributed by atoms with Crippen molar-refractivity contribution < 1.29 is 19.8 Å². The fourth-order valence-corrected chi connectivity index (χ4v) is 7.04. The monoisotopic (exact) mass is 437 g/mol. The van der Waals surface area contributed by atoms with E-state index >= 15 is 0 Å². The summed E-state index contributed by atoms with van der Waals surface area (Å²) in [4.78, 5) is 33.3. The summed E-state index contributed by atoms with van der Waals surface area (Å²) in [6.45, 7) is 5.35. The number of carbonyl (C=O) groups excluding carboxylic acids is 1. The highest BCUT2D eigenvalue weighted by Crippen LogP contribution is 2.52. The highest BCUT2D eigenvalue weighted by atomic mass is 32.2. The van der Waals surface area contributed by atoms with Gasteiger partial charge < -0.3 is 26.6 Å². The van der Waals surface area contributed by atoms with Crippen LogP contribution in [0.25, 0.3) is 0 Å². The largest absolute Gasteiger partial charge is 0.477 e. The van der Waals surface area contributed by atoms with Gasteiger partial charge in [0.25, 0.3) is 0 Å². The van der Waals surface area contributed by atoms with Gasteiger partial charge in [0.2, 0.25) is 5.91 Å². The van der Waals surface area contributed by atoms with Crippen LogP contribution >= 0.6 is 11.8 Å². The maximum Gasteiger partial charge on any atom is 0.353 e. The number of aliphatic hydroxyl groups excluding tert-OH is 1. The summed E-state index contributed by atoms with van der Waals surface area (Å²) in [6, 6.07) is 0.392. The molecule has 6 atom stereocenters. The number of nitrogens with zero attached hydrogens (tertiary/aromatic N) is 3. The van der Waals surface area contributed by atoms with Crippen LogP contribution in [-0.2, 0) is 9.59 Å². The van der Waals surface area contributed by atoms with E-state index in [0.29, 0.717) is 11.3 Å². The first-order valence-electron chi connectivity index (χ1n) is 10.7. The Morgan fingerprint density at radius 2 is 2.00 bits per heavy atom. The zero-order valence-electron chi connectivity index (χ0n) is 17.4. The standard InChI is InChI=1S/C20H31N5O4S/c1-9-15-14(10(2)26)18(27)25(15)16(19(28)29)17(9)30-13-7-24(8-13)12-5-3-4-11(6-12)23-20(21)22/h9-15,26H,3-8H2,1-2H3,(H,28,29)(H4,21,22,23)/t9-,10?,11-,12-,14-,15-/m1/s1. The van der Waals surface area contributed by atoms with Crippen molar-refractivity contribution >= 4 is 29.6 Å². The molecular weight excluding hydrogens is 406 g/mol. The van der Waals surface area contributed by atoms with Crippen molar-refractivity contribution in [1.82, 2.24) is 9.80 Å². The molecule has 3 fully saturated rings. The average molecular weight is 438 g/mol. The Morgan fingerprint density at radius 1 is 1.30 bits per heavy atom. The topological polar surface area (TPSA) is 145 Å². The highest BCUT2D eigenvalue weighted by molar-refractivity contribution is 8.03. The maximum absolute atomic E-state index is 12.4. The van der Waals surface area contributed by atoms with E-state index in [-0.39, 0.29) is 35.6 Å². The molecular formula is C20H31N5O4S. The Balaban J connectivity index is 1.39. The lowest BCUT2D eigenvalue weighted by Gasteiger charge is -2.47. The van der Waals surface area contributed by atoms with E-state index in [9.17, 15) is 19.8 Å². The number of thioether (sulfide) groups is 1. The van der Waals surface area contributed by atoms with Gasteiger partial charge in [0.1, 0.15) is 5.70 Å². The molecule has 0 aromatic carbocycles. The van der Waals surface area contributed by atoms with Crippen LogP contribution in [0.2, 0.25) is 0 Å². The van der Waals surface area contributed by atoms with E-state index in [2.05, 4.69) is 9.89 Å². The van der Waals surface area contributed by atoms with Crippen LogP contribution in [0, 0.1) is 11.8 Å². The number of aliphatic imine (C=N–C) groups is 1. The fraction of sp³-hybridized carbons (Fsp3) is 0.750. The Bertz CT molecular complexity index is 790. The van der Waals surface area contributed by atoms with Crippen LogP contribution in [0.3, 0.4) is 0 Å². The zero-order valence-corrected chi connectivity index (χ0v) is 18.2. The van der Waals surface area contributed by atoms with Crippen molar-refractivity contribution in [3.8, 4) is 0 Å². The summed E-state index contributed by atoms with van der Waals surface area (Å²) in [7, 11) is 0. The van der Waals surface area contributed by atoms with Crippen molar-refractivity contribution in [2.75, 3.05) is 13.1 Å². The van der Waals surface area contributed by atoms with Crippen LogP contribution in [-0.4, -0.2) is 80.4 Å². The molecule has 1 saturated carbocycles. The highest BCUT2D eigenvalue weighted by Gasteiger charge is 2.60. The van der Waals surface area contributed by atoms with Gasteiger partial charge in [-0.15, -0.1) is 11.8 Å². The average Bonchev–Trinajstić information content (AvgIpc) is 2.86. The predicted octanol–water partition coefficient (Wildman–Crippen LogP) is 0.142. The molecule has 1 amide bonds. The first-order valence-corrected chi connectivity index (χ1v) is 11.5. The van der Waals surface area contributed by atoms with Gasteiger partial charge in [-0.2, -0.15) is 0 Å². The van der Waals surface area contributed by atoms with Gasteiger partial charge in [-0.1, -0.05) is 6.92 Å². The number of carboxylic acid groups (broad SMARTS) is 1. The van der Waals surface area contributed by atoms with Gasteiger partial charge in [-0.3, -0.25) is 14.7 Å². The fourth-order valence-electron chi connectivity index (χ4n) is 5.50. The van der Waals surface area contributed by atoms with Crippen LogP contribution in [0.4, 0.5) is 0 Å². The Hall–Kier alpha value is -1.78. The second kappa shape index (κ2) is 8.05. The van der Waals surface area contributed by atoms with E-state index in [1.807, 2.05) is 6.92 Å². The molecule has 0 spiro atoms. The molecule has 166 valence electrons. The molecule has 10 heteroatoms. The maximum atomic E-state index is 12.4. The lowest BCUT2D eigenvalue weighted by atomic mass is 9.79. The summed E-state index contributed by atoms with van der Waals surface area (Å²) in [5, 5.41) is 20.0. The molecule has 2 saturated heterocycles. The minimum atomic E-state index is -1.06. The van der Waals surface area contributed by atoms with Crippen molar-refractivity contribution in [2.45, 2.75) is 69.0 Å². The van der Waals surface area contributed by atoms with Crippen molar-refractivity contribution in [3.63, 3.8) is 0 Å². The lowest BCUT2D eigenvalue weighted by Crippen LogP contribution is -2.63. The van der Waals surface area contributed by atoms with Crippen LogP contribution in [0.1, 0.15) is 39.5 Å². The number of nitrogens with two attached hydrogens (primary N) is 2. The molecule has 6 N–H and O–H groups in total. The number of rotatable bonds is 6. The number of β-lactam (4-membered cyclic amide) rings is 1. The minimum absolute atomic E-state index is 0.0756. The van der Waals surface area contributed by atoms with Crippen LogP contribution < -0.4 is 11.5 Å². The quantitative estimate of drug-likeness (QED) is 0.261. The second-order valence-corrected chi connectivity index (χ2v) is 10.3. The second-order valence-electron chi connectivity index (χ2n) is 8.99. The normalized spacial score (nSPS) is 35.5. The minimum Gasteiger partial charge on any atom is -0.477 e. The number of hydrogen-bond acceptors (Lipinski definition) is 6. The Morgan fingerprint density at radius 3 is 2.60 bits per heavy atom. The van der Waals surface area contributed by atoms with Gasteiger partial charge in [0.15, 0.2) is 5.96 Å². The van der Waals surface area contributed by atoms with Crippen molar-refractivity contribution in [3.05, 3.63) is 10.6 Å². The number of amides is 1. The number of carbonyl (C=O) groups is 2. The molecule has 0 aromatic heterocycles. The van der Waals surface area contributed by atoms with E-state index in [1.54, 1.807) is 18.7 Å². The van der Waals surface area contributed by atoms with Gasteiger partial charge in [0.05, 0.1) is 24.1 Å². The third-order valence-corrected chi connectivity index (χ3v) is 8.40. The first-order chi connectivity index (χ1) is 14.2. The Labute approximate surface area is 180 Å². The number of hydrogen-bond donors (Lipinski definition) is 4. The van der Waals surface area contributed by atoms with Gasteiger partial charge in [0, 0.05) is 35.2 Å². The van der Waals surface area contributed by atoms with Gasteiger partial charge >= 0.3 is 5.97 Å². The van der Waals surface area contributed by atoms with Crippen LogP contribution in [0.15, 0.2) is 15.6 Å². The number of guanidine groups is 1. The number of likely N-dealkylation sites (tertiary alicyclic amines) is 1. The van der Waals surface area contributed by atoms with Gasteiger partial charge in [-0.05, 0) is 32.6 Å². The molecule has 1 aliphatic carbocycles. The van der Waals surface area contributed by atoms with Gasteiger partial charge in [-0.25, -0.2) is 4.79 Å². The molecule has 0 bridgehead atoms. The molecule has 4 rings (SSSR count). The number of carboxylic acids is 1. The first kappa shape index (κ1) is 21.5. The number of aliphatic hydroxyl groups is 1. The summed E-state index contributed by atoms with van der Waals surface area (Å²) in [5.74, 6) is -1.78. The molecule has 3 aliphatic heterocycles. The van der Waals surface area contributed by atoms with E-state index in [0.717, 1.165) is 43.7 Å².